The van der Waals surface area contributed by atoms with Crippen molar-refractivity contribution in [2.45, 2.75) is 33.1 Å². The summed E-state index contributed by atoms with van der Waals surface area (Å²) < 4.78 is 0. The molecule has 0 radical (unpaired) electrons. The van der Waals surface area contributed by atoms with Crippen LogP contribution in [0.15, 0.2) is 54.7 Å². The Balaban J connectivity index is 1.61. The number of hydrogen-bond donors (Lipinski definition) is 2. The Bertz CT molecular complexity index is 1530. The predicted molar refractivity (Wildman–Crippen MR) is 140 cm³/mol. The zero-order chi connectivity index (χ0) is 24.1. The largest absolute Gasteiger partial charge is 0.360 e. The van der Waals surface area contributed by atoms with Crippen LogP contribution in [0.25, 0.3) is 32.8 Å². The van der Waals surface area contributed by atoms with Gasteiger partial charge in [0, 0.05) is 41.1 Å². The first-order valence-corrected chi connectivity index (χ1v) is 12.4. The number of aromatic amines is 1. The Morgan fingerprint density at radius 1 is 1.00 bits per heavy atom. The summed E-state index contributed by atoms with van der Waals surface area (Å²) in [7, 11) is 0. The number of hydrogen-bond acceptors (Lipinski definition) is 4. The molecule has 0 unspecified atom stereocenters. The normalized spacial score (nSPS) is 15.9. The zero-order valence-corrected chi connectivity index (χ0v) is 20.0. The van der Waals surface area contributed by atoms with E-state index in [1.54, 1.807) is 0 Å². The van der Waals surface area contributed by atoms with Crippen molar-refractivity contribution in [3.63, 3.8) is 0 Å². The van der Waals surface area contributed by atoms with Gasteiger partial charge in [-0.1, -0.05) is 49.4 Å². The fourth-order valence-electron chi connectivity index (χ4n) is 5.17. The second kappa shape index (κ2) is 8.38. The summed E-state index contributed by atoms with van der Waals surface area (Å²) >= 11 is 0. The molecule has 0 bridgehead atoms. The quantitative estimate of drug-likeness (QED) is 0.368. The number of para-hydroxylation sites is 1. The summed E-state index contributed by atoms with van der Waals surface area (Å²) in [6.45, 7) is 6.07. The predicted octanol–water partition coefficient (Wildman–Crippen LogP) is 5.22. The Morgan fingerprint density at radius 2 is 1.77 bits per heavy atom. The van der Waals surface area contributed by atoms with Gasteiger partial charge in [-0.05, 0) is 49.1 Å². The summed E-state index contributed by atoms with van der Waals surface area (Å²) in [6, 6.07) is 16.1. The molecule has 0 saturated heterocycles. The van der Waals surface area contributed by atoms with Gasteiger partial charge in [-0.2, -0.15) is 0 Å². The number of carbonyl (C=O) groups is 2. The maximum atomic E-state index is 13.3. The monoisotopic (exact) mass is 464 g/mol. The van der Waals surface area contributed by atoms with E-state index in [1.165, 1.54) is 12.8 Å². The molecular formula is C29H28N4O2. The van der Waals surface area contributed by atoms with Crippen molar-refractivity contribution in [3.05, 3.63) is 71.5 Å². The van der Waals surface area contributed by atoms with Crippen molar-refractivity contribution in [3.8, 4) is 0 Å². The number of aryl methyl sites for hydroxylation is 1. The zero-order valence-electron chi connectivity index (χ0n) is 20.0. The highest BCUT2D eigenvalue weighted by molar-refractivity contribution is 6.50. The highest BCUT2D eigenvalue weighted by Gasteiger charge is 2.36. The maximum absolute atomic E-state index is 13.3. The first kappa shape index (κ1) is 21.6. The average molecular weight is 465 g/mol. The van der Waals surface area contributed by atoms with Crippen LogP contribution in [-0.2, 0) is 9.59 Å². The molecular weight excluding hydrogens is 436 g/mol. The van der Waals surface area contributed by atoms with Crippen molar-refractivity contribution in [2.75, 3.05) is 18.0 Å². The van der Waals surface area contributed by atoms with Crippen LogP contribution >= 0.6 is 0 Å². The molecule has 6 nitrogen and oxygen atoms in total. The standard InChI is InChI=1S/C29H28N4O2/c1-3-13-33(16-18-11-12-18)23-14-19-8-4-5-9-20(19)27(31-23)25-24(28(34)32-29(25)35)22-15-30-26-17(2)7-6-10-21(22)26/h4-10,14-15,18,30H,3,11-13,16H2,1-2H3,(H,32,34,35). The maximum Gasteiger partial charge on any atom is 0.261 e. The van der Waals surface area contributed by atoms with Gasteiger partial charge in [0.2, 0.25) is 0 Å². The van der Waals surface area contributed by atoms with Crippen LogP contribution in [0.5, 0.6) is 0 Å². The summed E-state index contributed by atoms with van der Waals surface area (Å²) in [4.78, 5) is 37.1. The van der Waals surface area contributed by atoms with Crippen molar-refractivity contribution >= 4 is 50.5 Å². The molecule has 0 spiro atoms. The summed E-state index contributed by atoms with van der Waals surface area (Å²) in [5.41, 5.74) is 4.06. The van der Waals surface area contributed by atoms with Crippen LogP contribution in [0, 0.1) is 12.8 Å². The number of fused-ring (bicyclic) bond motifs is 2. The minimum Gasteiger partial charge on any atom is -0.360 e. The van der Waals surface area contributed by atoms with Crippen molar-refractivity contribution < 1.29 is 9.59 Å². The van der Waals surface area contributed by atoms with E-state index in [-0.39, 0.29) is 5.91 Å². The van der Waals surface area contributed by atoms with E-state index in [2.05, 4.69) is 34.3 Å². The lowest BCUT2D eigenvalue weighted by atomic mass is 9.95. The van der Waals surface area contributed by atoms with Crippen LogP contribution < -0.4 is 10.2 Å². The van der Waals surface area contributed by atoms with Crippen LogP contribution in [0.1, 0.15) is 43.0 Å². The van der Waals surface area contributed by atoms with Gasteiger partial charge in [0.05, 0.1) is 16.8 Å². The topological polar surface area (TPSA) is 78.1 Å². The lowest BCUT2D eigenvalue weighted by Gasteiger charge is -2.24. The molecule has 0 atom stereocenters. The van der Waals surface area contributed by atoms with E-state index in [4.69, 9.17) is 4.98 Å². The third-order valence-electron chi connectivity index (χ3n) is 7.08. The lowest BCUT2D eigenvalue weighted by Crippen LogP contribution is -2.28. The van der Waals surface area contributed by atoms with Crippen LogP contribution in [0.3, 0.4) is 0 Å². The van der Waals surface area contributed by atoms with E-state index in [0.717, 1.165) is 58.1 Å². The molecule has 176 valence electrons. The smallest absolute Gasteiger partial charge is 0.261 e. The van der Waals surface area contributed by atoms with Gasteiger partial charge in [0.1, 0.15) is 5.82 Å². The number of anilines is 1. The average Bonchev–Trinajstić information content (AvgIpc) is 3.49. The number of amides is 2. The number of carbonyl (C=O) groups excluding carboxylic acids is 2. The van der Waals surface area contributed by atoms with E-state index in [1.807, 2.05) is 49.5 Å². The van der Waals surface area contributed by atoms with E-state index < -0.39 is 5.91 Å². The molecule has 2 N–H and O–H groups in total. The number of pyridine rings is 1. The van der Waals surface area contributed by atoms with Crippen molar-refractivity contribution in [2.24, 2.45) is 5.92 Å². The molecule has 3 heterocycles. The molecule has 2 amide bonds. The fraction of sp³-hybridized carbons (Fsp3) is 0.276. The van der Waals surface area contributed by atoms with Gasteiger partial charge in [0.15, 0.2) is 0 Å². The summed E-state index contributed by atoms with van der Waals surface area (Å²) in [5, 5.41) is 5.35. The van der Waals surface area contributed by atoms with Gasteiger partial charge in [-0.15, -0.1) is 0 Å². The molecule has 35 heavy (non-hydrogen) atoms. The second-order valence-corrected chi connectivity index (χ2v) is 9.67. The van der Waals surface area contributed by atoms with Crippen molar-refractivity contribution in [1.82, 2.24) is 15.3 Å². The van der Waals surface area contributed by atoms with Crippen LogP contribution in [0.4, 0.5) is 5.82 Å². The summed E-state index contributed by atoms with van der Waals surface area (Å²) in [5.74, 6) is 0.790. The molecule has 1 aliphatic heterocycles. The van der Waals surface area contributed by atoms with E-state index in [9.17, 15) is 9.59 Å². The second-order valence-electron chi connectivity index (χ2n) is 9.67. The summed E-state index contributed by atoms with van der Waals surface area (Å²) in [6.07, 6.45) is 5.35. The molecule has 2 aromatic heterocycles. The van der Waals surface area contributed by atoms with Crippen LogP contribution in [-0.4, -0.2) is 34.9 Å². The first-order valence-electron chi connectivity index (χ1n) is 12.4. The minimum absolute atomic E-state index is 0.346. The number of nitrogens with zero attached hydrogens (tertiary/aromatic N) is 2. The number of rotatable bonds is 7. The van der Waals surface area contributed by atoms with Gasteiger partial charge in [-0.3, -0.25) is 14.9 Å². The third kappa shape index (κ3) is 3.70. The first-order chi connectivity index (χ1) is 17.0. The molecule has 6 rings (SSSR count). The molecule has 2 aliphatic rings. The van der Waals surface area contributed by atoms with Crippen LogP contribution in [0.2, 0.25) is 0 Å². The van der Waals surface area contributed by atoms with Gasteiger partial charge >= 0.3 is 0 Å². The molecule has 1 fully saturated rings. The number of benzene rings is 2. The Morgan fingerprint density at radius 3 is 2.57 bits per heavy atom. The Labute approximate surface area is 204 Å². The fourth-order valence-corrected chi connectivity index (χ4v) is 5.17. The number of nitrogens with one attached hydrogen (secondary N) is 2. The van der Waals surface area contributed by atoms with E-state index in [0.29, 0.717) is 22.8 Å². The molecule has 4 aromatic rings. The number of H-pyrrole nitrogens is 1. The van der Waals surface area contributed by atoms with Gasteiger partial charge in [0.25, 0.3) is 11.8 Å². The third-order valence-corrected chi connectivity index (χ3v) is 7.08. The Hall–Kier alpha value is -3.93. The highest BCUT2D eigenvalue weighted by Crippen LogP contribution is 2.39. The van der Waals surface area contributed by atoms with Gasteiger partial charge in [-0.25, -0.2) is 4.98 Å². The molecule has 1 saturated carbocycles. The van der Waals surface area contributed by atoms with E-state index >= 15 is 0 Å². The molecule has 1 aliphatic carbocycles. The highest BCUT2D eigenvalue weighted by atomic mass is 16.2. The van der Waals surface area contributed by atoms with Crippen molar-refractivity contribution in [1.29, 1.82) is 0 Å². The number of aromatic nitrogens is 2. The molecule has 6 heteroatoms. The minimum atomic E-state index is -0.397. The molecule has 2 aromatic carbocycles. The lowest BCUT2D eigenvalue weighted by molar-refractivity contribution is -0.122. The van der Waals surface area contributed by atoms with Gasteiger partial charge < -0.3 is 9.88 Å². The Kier molecular flexibility index (Phi) is 5.17. The SMILES string of the molecule is CCCN(CC1CC1)c1cc2ccccc2c(C2=C(c3c[nH]c4c(C)cccc34)C(=O)NC2=O)n1. The number of imide groups is 1.